The highest BCUT2D eigenvalue weighted by atomic mass is 79.9. The van der Waals surface area contributed by atoms with Crippen LogP contribution in [0.15, 0.2) is 70.3 Å². The summed E-state index contributed by atoms with van der Waals surface area (Å²) in [7, 11) is 1.57. The first-order valence-electron chi connectivity index (χ1n) is 9.41. The van der Waals surface area contributed by atoms with Gasteiger partial charge in [-0.15, -0.1) is 0 Å². The van der Waals surface area contributed by atoms with Crippen molar-refractivity contribution in [1.82, 2.24) is 0 Å². The van der Waals surface area contributed by atoms with Crippen molar-refractivity contribution in [3.63, 3.8) is 0 Å². The molecule has 0 radical (unpaired) electrons. The van der Waals surface area contributed by atoms with Crippen molar-refractivity contribution in [2.24, 2.45) is 5.16 Å². The van der Waals surface area contributed by atoms with Crippen LogP contribution in [-0.4, -0.2) is 18.2 Å². The third-order valence-corrected chi connectivity index (χ3v) is 4.94. The Balaban J connectivity index is 1.65. The molecule has 0 atom stereocenters. The number of ether oxygens (including phenoxy) is 2. The maximum Gasteiger partial charge on any atom is 0.269 e. The van der Waals surface area contributed by atoms with E-state index in [1.807, 2.05) is 31.2 Å². The summed E-state index contributed by atoms with van der Waals surface area (Å²) in [5.74, 6) is 1.15. The quantitative estimate of drug-likeness (QED) is 0.217. The Morgan fingerprint density at radius 1 is 1.06 bits per heavy atom. The Hall–Kier alpha value is -3.39. The molecule has 0 heterocycles. The number of hydrogen-bond acceptors (Lipinski definition) is 6. The lowest BCUT2D eigenvalue weighted by molar-refractivity contribution is -0.384. The van der Waals surface area contributed by atoms with Gasteiger partial charge in [-0.25, -0.2) is 0 Å². The van der Waals surface area contributed by atoms with E-state index >= 15 is 0 Å². The molecule has 0 aromatic heterocycles. The molecule has 0 spiro atoms. The van der Waals surface area contributed by atoms with Gasteiger partial charge in [-0.2, -0.15) is 0 Å². The summed E-state index contributed by atoms with van der Waals surface area (Å²) in [5, 5.41) is 14.8. The molecule has 3 aromatic rings. The average molecular weight is 485 g/mol. The Morgan fingerprint density at radius 2 is 1.81 bits per heavy atom. The number of benzene rings is 3. The minimum atomic E-state index is -0.445. The normalized spacial score (nSPS) is 10.8. The third kappa shape index (κ3) is 6.29. The molecule has 0 aliphatic carbocycles. The lowest BCUT2D eigenvalue weighted by Gasteiger charge is -2.13. The lowest BCUT2D eigenvalue weighted by Crippen LogP contribution is -2.00. The van der Waals surface area contributed by atoms with Crippen molar-refractivity contribution >= 4 is 27.8 Å². The van der Waals surface area contributed by atoms with Crippen molar-refractivity contribution in [2.45, 2.75) is 20.1 Å². The minimum Gasteiger partial charge on any atom is -0.493 e. The highest BCUT2D eigenvalue weighted by Gasteiger charge is 2.12. The number of nitrogens with zero attached hydrogens (tertiary/aromatic N) is 2. The van der Waals surface area contributed by atoms with Gasteiger partial charge in [-0.1, -0.05) is 47.1 Å². The van der Waals surface area contributed by atoms with Gasteiger partial charge in [0.05, 0.1) is 22.7 Å². The molecule has 31 heavy (non-hydrogen) atoms. The predicted molar refractivity (Wildman–Crippen MR) is 122 cm³/mol. The van der Waals surface area contributed by atoms with Gasteiger partial charge in [0.1, 0.15) is 13.2 Å². The highest BCUT2D eigenvalue weighted by molar-refractivity contribution is 9.10. The summed E-state index contributed by atoms with van der Waals surface area (Å²) in [6.45, 7) is 2.57. The molecule has 8 heteroatoms. The molecule has 0 fully saturated rings. The van der Waals surface area contributed by atoms with E-state index in [0.29, 0.717) is 23.7 Å². The molecule has 3 rings (SSSR count). The van der Waals surface area contributed by atoms with Crippen molar-refractivity contribution in [3.05, 3.63) is 97.5 Å². The van der Waals surface area contributed by atoms with Crippen LogP contribution in [0.3, 0.4) is 0 Å². The van der Waals surface area contributed by atoms with Gasteiger partial charge in [0, 0.05) is 17.7 Å². The molecule has 0 bridgehead atoms. The lowest BCUT2D eigenvalue weighted by atomic mass is 10.1. The first-order chi connectivity index (χ1) is 15.0. The average Bonchev–Trinajstić information content (AvgIpc) is 2.76. The third-order valence-electron chi connectivity index (χ3n) is 4.35. The van der Waals surface area contributed by atoms with Gasteiger partial charge in [-0.05, 0) is 46.1 Å². The van der Waals surface area contributed by atoms with Gasteiger partial charge in [0.2, 0.25) is 0 Å². The molecule has 7 nitrogen and oxygen atoms in total. The fourth-order valence-corrected chi connectivity index (χ4v) is 3.46. The number of rotatable bonds is 9. The standard InChI is InChI=1S/C23H21BrN2O5/c1-16-5-3-6-17(9-16)14-30-23-21(24)11-19(12-22(23)29-2)13-25-31-15-18-7-4-8-20(10-18)26(27)28/h3-13H,14-15H2,1-2H3/b25-13-. The second kappa shape index (κ2) is 10.6. The Bertz CT molecular complexity index is 1100. The summed E-state index contributed by atoms with van der Waals surface area (Å²) in [6, 6.07) is 18.0. The number of methoxy groups -OCH3 is 1. The molecule has 0 saturated carbocycles. The van der Waals surface area contributed by atoms with Gasteiger partial charge in [0.15, 0.2) is 11.5 Å². The summed E-state index contributed by atoms with van der Waals surface area (Å²) < 4.78 is 12.2. The number of aryl methyl sites for hydroxylation is 1. The largest absolute Gasteiger partial charge is 0.493 e. The maximum absolute atomic E-state index is 10.8. The minimum absolute atomic E-state index is 0.0139. The van der Waals surface area contributed by atoms with Gasteiger partial charge >= 0.3 is 0 Å². The fourth-order valence-electron chi connectivity index (χ4n) is 2.88. The first-order valence-corrected chi connectivity index (χ1v) is 10.2. The van der Waals surface area contributed by atoms with Crippen LogP contribution in [0.1, 0.15) is 22.3 Å². The Kier molecular flexibility index (Phi) is 7.61. The second-order valence-corrected chi connectivity index (χ2v) is 7.60. The number of hydrogen-bond donors (Lipinski definition) is 0. The maximum atomic E-state index is 10.8. The molecule has 3 aromatic carbocycles. The summed E-state index contributed by atoms with van der Waals surface area (Å²) in [6.07, 6.45) is 1.54. The van der Waals surface area contributed by atoms with Crippen LogP contribution >= 0.6 is 15.9 Å². The van der Waals surface area contributed by atoms with E-state index in [4.69, 9.17) is 14.3 Å². The van der Waals surface area contributed by atoms with Crippen molar-refractivity contribution in [2.75, 3.05) is 7.11 Å². The Morgan fingerprint density at radius 3 is 2.52 bits per heavy atom. The van der Waals surface area contributed by atoms with Crippen LogP contribution in [0.5, 0.6) is 11.5 Å². The molecule has 0 unspecified atom stereocenters. The molecule has 160 valence electrons. The molecular weight excluding hydrogens is 464 g/mol. The van der Waals surface area contributed by atoms with E-state index in [0.717, 1.165) is 15.6 Å². The molecule has 0 aliphatic rings. The second-order valence-electron chi connectivity index (χ2n) is 6.75. The summed E-state index contributed by atoms with van der Waals surface area (Å²) in [4.78, 5) is 15.7. The first kappa shape index (κ1) is 22.3. The van der Waals surface area contributed by atoms with Crippen molar-refractivity contribution < 1.29 is 19.2 Å². The number of nitro benzene ring substituents is 1. The van der Waals surface area contributed by atoms with E-state index in [1.165, 1.54) is 23.9 Å². The number of non-ortho nitro benzene ring substituents is 1. The highest BCUT2D eigenvalue weighted by Crippen LogP contribution is 2.37. The topological polar surface area (TPSA) is 83.2 Å². The summed E-state index contributed by atoms with van der Waals surface area (Å²) in [5.41, 5.74) is 3.65. The zero-order valence-corrected chi connectivity index (χ0v) is 18.7. The molecule has 0 aliphatic heterocycles. The number of oxime groups is 1. The molecule has 0 amide bonds. The zero-order valence-electron chi connectivity index (χ0n) is 17.1. The van der Waals surface area contributed by atoms with E-state index in [2.05, 4.69) is 27.2 Å². The van der Waals surface area contributed by atoms with Gasteiger partial charge < -0.3 is 14.3 Å². The Labute approximate surface area is 188 Å². The van der Waals surface area contributed by atoms with Gasteiger partial charge in [-0.3, -0.25) is 10.1 Å². The fraction of sp³-hybridized carbons (Fsp3) is 0.174. The smallest absolute Gasteiger partial charge is 0.269 e. The van der Waals surface area contributed by atoms with Crippen molar-refractivity contribution in [3.8, 4) is 11.5 Å². The predicted octanol–water partition coefficient (Wildman–Crippen LogP) is 5.80. The monoisotopic (exact) mass is 484 g/mol. The van der Waals surface area contributed by atoms with Crippen LogP contribution < -0.4 is 9.47 Å². The zero-order chi connectivity index (χ0) is 22.2. The SMILES string of the molecule is COc1cc(/C=N\OCc2cccc([N+](=O)[O-])c2)cc(Br)c1OCc1cccc(C)c1. The van der Waals surface area contributed by atoms with Crippen LogP contribution in [0.25, 0.3) is 0 Å². The number of halogens is 1. The van der Waals surface area contributed by atoms with E-state index in [-0.39, 0.29) is 12.3 Å². The summed E-state index contributed by atoms with van der Waals surface area (Å²) >= 11 is 3.52. The van der Waals surface area contributed by atoms with E-state index < -0.39 is 4.92 Å². The van der Waals surface area contributed by atoms with Crippen LogP contribution in [0.2, 0.25) is 0 Å². The van der Waals surface area contributed by atoms with Crippen molar-refractivity contribution in [1.29, 1.82) is 0 Å². The van der Waals surface area contributed by atoms with Crippen LogP contribution in [0.4, 0.5) is 5.69 Å². The van der Waals surface area contributed by atoms with Crippen LogP contribution in [-0.2, 0) is 18.1 Å². The van der Waals surface area contributed by atoms with E-state index in [1.54, 1.807) is 25.3 Å². The number of nitro groups is 1. The molecule has 0 N–H and O–H groups in total. The molecule has 0 saturated heterocycles. The van der Waals surface area contributed by atoms with E-state index in [9.17, 15) is 10.1 Å². The van der Waals surface area contributed by atoms with Gasteiger partial charge in [0.25, 0.3) is 5.69 Å². The molecular formula is C23H21BrN2O5. The van der Waals surface area contributed by atoms with Crippen LogP contribution in [0, 0.1) is 17.0 Å².